The summed E-state index contributed by atoms with van der Waals surface area (Å²) < 4.78 is 14.5. The number of hydrogen-bond acceptors (Lipinski definition) is 3. The van der Waals surface area contributed by atoms with Gasteiger partial charge in [0.25, 0.3) is 11.5 Å². The number of aromatic nitrogens is 2. The molecule has 1 amide bonds. The standard InChI is InChI=1S/C25H20FN3O2/c26-22-12-10-20(11-13-22)23-16-24(30)29(17-28-23)15-14-27-25(31)21-8-6-19(7-9-21)18-4-2-1-3-5-18/h1-13,16-17H,14-15H2,(H,27,31). The molecule has 0 bridgehead atoms. The zero-order valence-electron chi connectivity index (χ0n) is 16.7. The summed E-state index contributed by atoms with van der Waals surface area (Å²) in [4.78, 5) is 29.0. The van der Waals surface area contributed by atoms with Gasteiger partial charge >= 0.3 is 0 Å². The van der Waals surface area contributed by atoms with Crippen LogP contribution < -0.4 is 10.9 Å². The topological polar surface area (TPSA) is 64.0 Å². The van der Waals surface area contributed by atoms with Crippen LogP contribution in [-0.2, 0) is 6.54 Å². The SMILES string of the molecule is O=C(NCCn1cnc(-c2ccc(F)cc2)cc1=O)c1ccc(-c2ccccc2)cc1. The second-order valence-electron chi connectivity index (χ2n) is 7.01. The van der Waals surface area contributed by atoms with Crippen LogP contribution in [0.25, 0.3) is 22.4 Å². The van der Waals surface area contributed by atoms with Gasteiger partial charge in [0, 0.05) is 30.3 Å². The lowest BCUT2D eigenvalue weighted by atomic mass is 10.0. The van der Waals surface area contributed by atoms with Gasteiger partial charge in [-0.1, -0.05) is 42.5 Å². The predicted octanol–water partition coefficient (Wildman–Crippen LogP) is 4.15. The van der Waals surface area contributed by atoms with E-state index >= 15 is 0 Å². The lowest BCUT2D eigenvalue weighted by Crippen LogP contribution is -2.30. The Morgan fingerprint density at radius 2 is 1.52 bits per heavy atom. The second kappa shape index (κ2) is 9.17. The van der Waals surface area contributed by atoms with E-state index in [0.29, 0.717) is 23.4 Å². The number of carbonyl (C=O) groups excluding carboxylic acids is 1. The molecule has 1 heterocycles. The van der Waals surface area contributed by atoms with Gasteiger partial charge in [-0.2, -0.15) is 0 Å². The molecule has 0 spiro atoms. The number of carbonyl (C=O) groups is 1. The van der Waals surface area contributed by atoms with Gasteiger partial charge in [-0.05, 0) is 47.5 Å². The summed E-state index contributed by atoms with van der Waals surface area (Å²) in [5.74, 6) is -0.550. The summed E-state index contributed by atoms with van der Waals surface area (Å²) in [6, 6.07) is 24.5. The minimum Gasteiger partial charge on any atom is -0.350 e. The second-order valence-corrected chi connectivity index (χ2v) is 7.01. The molecular weight excluding hydrogens is 393 g/mol. The van der Waals surface area contributed by atoms with E-state index in [1.165, 1.54) is 29.1 Å². The molecule has 0 saturated heterocycles. The Morgan fingerprint density at radius 1 is 0.871 bits per heavy atom. The first kappa shape index (κ1) is 20.2. The quantitative estimate of drug-likeness (QED) is 0.517. The highest BCUT2D eigenvalue weighted by molar-refractivity contribution is 5.94. The van der Waals surface area contributed by atoms with E-state index in [-0.39, 0.29) is 23.8 Å². The van der Waals surface area contributed by atoms with Crippen LogP contribution in [0.1, 0.15) is 10.4 Å². The molecule has 1 aromatic heterocycles. The summed E-state index contributed by atoms with van der Waals surface area (Å²) in [6.07, 6.45) is 1.43. The number of rotatable bonds is 6. The van der Waals surface area contributed by atoms with Gasteiger partial charge in [0.1, 0.15) is 5.82 Å². The maximum atomic E-state index is 13.0. The van der Waals surface area contributed by atoms with Crippen molar-refractivity contribution in [3.8, 4) is 22.4 Å². The Morgan fingerprint density at radius 3 is 2.19 bits per heavy atom. The average Bonchev–Trinajstić information content (AvgIpc) is 2.81. The first-order valence-corrected chi connectivity index (χ1v) is 9.86. The normalized spacial score (nSPS) is 10.6. The van der Waals surface area contributed by atoms with Crippen LogP contribution >= 0.6 is 0 Å². The van der Waals surface area contributed by atoms with Crippen molar-refractivity contribution in [2.75, 3.05) is 6.54 Å². The zero-order chi connectivity index (χ0) is 21.6. The Labute approximate surface area is 178 Å². The van der Waals surface area contributed by atoms with Crippen molar-refractivity contribution in [1.29, 1.82) is 0 Å². The van der Waals surface area contributed by atoms with E-state index in [9.17, 15) is 14.0 Å². The van der Waals surface area contributed by atoms with Crippen LogP contribution in [0.4, 0.5) is 4.39 Å². The Balaban J connectivity index is 1.35. The number of hydrogen-bond donors (Lipinski definition) is 1. The summed E-state index contributed by atoms with van der Waals surface area (Å²) in [5.41, 5.74) is 3.58. The third-order valence-electron chi connectivity index (χ3n) is 4.91. The molecule has 0 aliphatic carbocycles. The van der Waals surface area contributed by atoms with Gasteiger partial charge in [-0.3, -0.25) is 14.2 Å². The van der Waals surface area contributed by atoms with Crippen molar-refractivity contribution < 1.29 is 9.18 Å². The molecule has 0 saturated carbocycles. The van der Waals surface area contributed by atoms with Crippen molar-refractivity contribution in [3.05, 3.63) is 113 Å². The Kier molecular flexibility index (Phi) is 5.98. The third-order valence-corrected chi connectivity index (χ3v) is 4.91. The average molecular weight is 413 g/mol. The maximum absolute atomic E-state index is 13.0. The van der Waals surface area contributed by atoms with E-state index in [0.717, 1.165) is 11.1 Å². The van der Waals surface area contributed by atoms with Gasteiger partial charge in [0.05, 0.1) is 12.0 Å². The van der Waals surface area contributed by atoms with Gasteiger partial charge in [-0.25, -0.2) is 9.37 Å². The molecule has 0 unspecified atom stereocenters. The molecular formula is C25H20FN3O2. The molecule has 0 aliphatic rings. The molecule has 0 fully saturated rings. The predicted molar refractivity (Wildman–Crippen MR) is 118 cm³/mol. The smallest absolute Gasteiger partial charge is 0.253 e. The molecule has 4 aromatic rings. The van der Waals surface area contributed by atoms with Crippen molar-refractivity contribution in [1.82, 2.24) is 14.9 Å². The largest absolute Gasteiger partial charge is 0.350 e. The van der Waals surface area contributed by atoms with Gasteiger partial charge < -0.3 is 5.32 Å². The highest BCUT2D eigenvalue weighted by Gasteiger charge is 2.07. The lowest BCUT2D eigenvalue weighted by molar-refractivity contribution is 0.0952. The molecule has 3 aromatic carbocycles. The molecule has 5 nitrogen and oxygen atoms in total. The molecule has 0 radical (unpaired) electrons. The fourth-order valence-electron chi connectivity index (χ4n) is 3.21. The first-order chi connectivity index (χ1) is 15.1. The van der Waals surface area contributed by atoms with E-state index in [1.807, 2.05) is 42.5 Å². The third kappa shape index (κ3) is 4.93. The van der Waals surface area contributed by atoms with E-state index < -0.39 is 0 Å². The van der Waals surface area contributed by atoms with Crippen molar-refractivity contribution in [3.63, 3.8) is 0 Å². The number of halogens is 1. The van der Waals surface area contributed by atoms with Crippen LogP contribution in [0.15, 0.2) is 96.1 Å². The molecule has 154 valence electrons. The number of benzene rings is 3. The molecule has 0 aliphatic heterocycles. The summed E-state index contributed by atoms with van der Waals surface area (Å²) in [6.45, 7) is 0.583. The first-order valence-electron chi connectivity index (χ1n) is 9.86. The summed E-state index contributed by atoms with van der Waals surface area (Å²) >= 11 is 0. The van der Waals surface area contributed by atoms with Crippen LogP contribution in [0.5, 0.6) is 0 Å². The summed E-state index contributed by atoms with van der Waals surface area (Å²) in [5, 5.41) is 2.82. The zero-order valence-corrected chi connectivity index (χ0v) is 16.7. The van der Waals surface area contributed by atoms with Gasteiger partial charge in [-0.15, -0.1) is 0 Å². The molecule has 0 atom stereocenters. The van der Waals surface area contributed by atoms with Crippen molar-refractivity contribution >= 4 is 5.91 Å². The fraction of sp³-hybridized carbons (Fsp3) is 0.0800. The molecule has 1 N–H and O–H groups in total. The van der Waals surface area contributed by atoms with Crippen LogP contribution in [-0.4, -0.2) is 22.0 Å². The number of nitrogens with zero attached hydrogens (tertiary/aromatic N) is 2. The van der Waals surface area contributed by atoms with Gasteiger partial charge in [0.2, 0.25) is 0 Å². The lowest BCUT2D eigenvalue weighted by Gasteiger charge is -2.09. The maximum Gasteiger partial charge on any atom is 0.253 e. The number of nitrogens with one attached hydrogen (secondary N) is 1. The molecule has 31 heavy (non-hydrogen) atoms. The number of amides is 1. The Bertz CT molecular complexity index is 1230. The molecule has 4 rings (SSSR count). The molecule has 6 heteroatoms. The van der Waals surface area contributed by atoms with E-state index in [4.69, 9.17) is 0 Å². The van der Waals surface area contributed by atoms with Crippen molar-refractivity contribution in [2.45, 2.75) is 6.54 Å². The minimum atomic E-state index is -0.345. The van der Waals surface area contributed by atoms with E-state index in [2.05, 4.69) is 10.3 Å². The van der Waals surface area contributed by atoms with E-state index in [1.54, 1.807) is 24.3 Å². The highest BCUT2D eigenvalue weighted by Crippen LogP contribution is 2.19. The van der Waals surface area contributed by atoms with Gasteiger partial charge in [0.15, 0.2) is 0 Å². The minimum absolute atomic E-state index is 0.205. The van der Waals surface area contributed by atoms with Crippen LogP contribution in [0.2, 0.25) is 0 Å². The Hall–Kier alpha value is -4.06. The monoisotopic (exact) mass is 413 g/mol. The van der Waals surface area contributed by atoms with Crippen LogP contribution in [0.3, 0.4) is 0 Å². The summed E-state index contributed by atoms with van der Waals surface area (Å²) in [7, 11) is 0. The fourth-order valence-corrected chi connectivity index (χ4v) is 3.21. The van der Waals surface area contributed by atoms with Crippen molar-refractivity contribution in [2.24, 2.45) is 0 Å². The van der Waals surface area contributed by atoms with Crippen LogP contribution in [0, 0.1) is 5.82 Å². The highest BCUT2D eigenvalue weighted by atomic mass is 19.1.